The van der Waals surface area contributed by atoms with Gasteiger partial charge in [-0.2, -0.15) is 5.26 Å². The molecule has 7 heteroatoms. The number of aryl methyl sites for hydroxylation is 1. The van der Waals surface area contributed by atoms with E-state index in [4.69, 9.17) is 5.26 Å². The van der Waals surface area contributed by atoms with E-state index < -0.39 is 5.82 Å². The summed E-state index contributed by atoms with van der Waals surface area (Å²) in [7, 11) is 0. The van der Waals surface area contributed by atoms with Gasteiger partial charge in [0, 0.05) is 24.2 Å². The molecule has 0 bridgehead atoms. The predicted molar refractivity (Wildman–Crippen MR) is 88.3 cm³/mol. The smallest absolute Gasteiger partial charge is 0.254 e. The summed E-state index contributed by atoms with van der Waals surface area (Å²) in [6.07, 6.45) is 1.15. The van der Waals surface area contributed by atoms with Gasteiger partial charge in [-0.05, 0) is 31.5 Å². The lowest BCUT2D eigenvalue weighted by atomic mass is 10.1. The van der Waals surface area contributed by atoms with Crippen LogP contribution in [0.25, 0.3) is 0 Å². The summed E-state index contributed by atoms with van der Waals surface area (Å²) in [5.41, 5.74) is 2.03. The van der Waals surface area contributed by atoms with E-state index in [1.807, 2.05) is 6.92 Å². The van der Waals surface area contributed by atoms with E-state index in [1.165, 1.54) is 12.1 Å². The molecule has 3 heterocycles. The number of anilines is 1. The van der Waals surface area contributed by atoms with Gasteiger partial charge in [0.1, 0.15) is 23.5 Å². The summed E-state index contributed by atoms with van der Waals surface area (Å²) in [6, 6.07) is 5.64. The van der Waals surface area contributed by atoms with Crippen LogP contribution in [0.5, 0.6) is 0 Å². The molecular weight excluding hydrogens is 321 g/mol. The molecular formula is C18H16FN5O. The summed E-state index contributed by atoms with van der Waals surface area (Å²) >= 11 is 0. The molecule has 1 aromatic heterocycles. The lowest BCUT2D eigenvalue weighted by Crippen LogP contribution is -2.38. The van der Waals surface area contributed by atoms with E-state index in [-0.39, 0.29) is 11.5 Å². The van der Waals surface area contributed by atoms with Gasteiger partial charge in [-0.15, -0.1) is 0 Å². The Bertz CT molecular complexity index is 916. The van der Waals surface area contributed by atoms with Gasteiger partial charge in [0.05, 0.1) is 24.3 Å². The lowest BCUT2D eigenvalue weighted by Gasteiger charge is -2.33. The van der Waals surface area contributed by atoms with Crippen LogP contribution in [0.15, 0.2) is 18.2 Å². The number of fused-ring (bicyclic) bond motifs is 1. The molecule has 126 valence electrons. The first kappa shape index (κ1) is 15.5. The maximum atomic E-state index is 13.5. The Morgan fingerprint density at radius 1 is 1.28 bits per heavy atom. The van der Waals surface area contributed by atoms with E-state index in [2.05, 4.69) is 14.9 Å². The van der Waals surface area contributed by atoms with Crippen molar-refractivity contribution in [3.63, 3.8) is 0 Å². The second-order valence-electron chi connectivity index (χ2n) is 6.33. The number of nitrogens with zero attached hydrogens (tertiary/aromatic N) is 5. The molecule has 1 fully saturated rings. The van der Waals surface area contributed by atoms with Crippen LogP contribution in [0, 0.1) is 24.1 Å². The first-order valence-corrected chi connectivity index (χ1v) is 8.17. The molecule has 0 aliphatic carbocycles. The van der Waals surface area contributed by atoms with Crippen molar-refractivity contribution >= 4 is 11.7 Å². The molecule has 2 aliphatic rings. The Labute approximate surface area is 144 Å². The molecule has 0 radical (unpaired) electrons. The minimum Gasteiger partial charge on any atom is -0.356 e. The highest BCUT2D eigenvalue weighted by Crippen LogP contribution is 2.32. The Morgan fingerprint density at radius 3 is 2.76 bits per heavy atom. The number of hydrogen-bond acceptors (Lipinski definition) is 5. The van der Waals surface area contributed by atoms with Crippen molar-refractivity contribution in [1.82, 2.24) is 14.9 Å². The molecule has 1 saturated heterocycles. The van der Waals surface area contributed by atoms with Crippen molar-refractivity contribution in [3.05, 3.63) is 52.2 Å². The summed E-state index contributed by atoms with van der Waals surface area (Å²) in [5, 5.41) is 8.95. The Morgan fingerprint density at radius 2 is 2.08 bits per heavy atom. The van der Waals surface area contributed by atoms with Crippen LogP contribution in [0.3, 0.4) is 0 Å². The Kier molecular flexibility index (Phi) is 3.61. The minimum atomic E-state index is -0.620. The van der Waals surface area contributed by atoms with Crippen molar-refractivity contribution in [2.75, 3.05) is 18.0 Å². The predicted octanol–water partition coefficient (Wildman–Crippen LogP) is 2.16. The quantitative estimate of drug-likeness (QED) is 0.840. The summed E-state index contributed by atoms with van der Waals surface area (Å²) < 4.78 is 13.5. The van der Waals surface area contributed by atoms with Crippen molar-refractivity contribution in [1.29, 1.82) is 5.26 Å². The number of amides is 1. The van der Waals surface area contributed by atoms with Crippen LogP contribution in [-0.4, -0.2) is 33.9 Å². The fraction of sp³-hybridized carbons (Fsp3) is 0.333. The Balaban J connectivity index is 1.63. The molecule has 0 saturated carbocycles. The lowest BCUT2D eigenvalue weighted by molar-refractivity contribution is 0.0750. The van der Waals surface area contributed by atoms with Gasteiger partial charge in [0.25, 0.3) is 5.91 Å². The zero-order valence-corrected chi connectivity index (χ0v) is 13.8. The summed E-state index contributed by atoms with van der Waals surface area (Å²) in [4.78, 5) is 25.7. The van der Waals surface area contributed by atoms with E-state index >= 15 is 0 Å². The standard InChI is InChI=1S/C18H16FN5O/c1-11-21-16-10-24(9-14(16)17(22-11)23-5-2-6-23)18(25)12-3-4-15(19)13(7-12)8-20/h3-4,7H,2,5-6,9-10H2,1H3. The molecule has 2 aliphatic heterocycles. The van der Waals surface area contributed by atoms with E-state index in [0.717, 1.165) is 42.7 Å². The molecule has 0 unspecified atom stereocenters. The van der Waals surface area contributed by atoms with Gasteiger partial charge >= 0.3 is 0 Å². The second-order valence-corrected chi connectivity index (χ2v) is 6.33. The fourth-order valence-corrected chi connectivity index (χ4v) is 3.22. The van der Waals surface area contributed by atoms with Gasteiger partial charge in [-0.25, -0.2) is 14.4 Å². The molecule has 2 aromatic rings. The average molecular weight is 337 g/mol. The maximum absolute atomic E-state index is 13.5. The van der Waals surface area contributed by atoms with Crippen LogP contribution < -0.4 is 4.90 Å². The van der Waals surface area contributed by atoms with E-state index in [9.17, 15) is 9.18 Å². The zero-order valence-electron chi connectivity index (χ0n) is 13.8. The Hall–Kier alpha value is -3.01. The molecule has 1 amide bonds. The highest BCUT2D eigenvalue weighted by Gasteiger charge is 2.31. The van der Waals surface area contributed by atoms with Gasteiger partial charge in [0.2, 0.25) is 0 Å². The van der Waals surface area contributed by atoms with Crippen molar-refractivity contribution in [2.24, 2.45) is 0 Å². The highest BCUT2D eigenvalue weighted by molar-refractivity contribution is 5.95. The highest BCUT2D eigenvalue weighted by atomic mass is 19.1. The van der Waals surface area contributed by atoms with E-state index in [0.29, 0.717) is 24.5 Å². The summed E-state index contributed by atoms with van der Waals surface area (Å²) in [5.74, 6) is 0.761. The van der Waals surface area contributed by atoms with Crippen molar-refractivity contribution in [2.45, 2.75) is 26.4 Å². The first-order chi connectivity index (χ1) is 12.1. The molecule has 4 rings (SSSR count). The largest absolute Gasteiger partial charge is 0.356 e. The van der Waals surface area contributed by atoms with Crippen LogP contribution in [0.4, 0.5) is 10.2 Å². The number of benzene rings is 1. The van der Waals surface area contributed by atoms with Crippen LogP contribution in [-0.2, 0) is 13.1 Å². The normalized spacial score (nSPS) is 15.6. The van der Waals surface area contributed by atoms with Crippen LogP contribution in [0.1, 0.15) is 39.4 Å². The van der Waals surface area contributed by atoms with Crippen molar-refractivity contribution < 1.29 is 9.18 Å². The third kappa shape index (κ3) is 2.60. The number of halogens is 1. The van der Waals surface area contributed by atoms with Gasteiger partial charge in [-0.1, -0.05) is 0 Å². The first-order valence-electron chi connectivity index (χ1n) is 8.17. The monoisotopic (exact) mass is 337 g/mol. The van der Waals surface area contributed by atoms with Crippen LogP contribution >= 0.6 is 0 Å². The molecule has 0 N–H and O–H groups in total. The maximum Gasteiger partial charge on any atom is 0.254 e. The second kappa shape index (κ2) is 5.81. The number of aromatic nitrogens is 2. The summed E-state index contributed by atoms with van der Waals surface area (Å²) in [6.45, 7) is 4.63. The molecule has 6 nitrogen and oxygen atoms in total. The molecule has 0 atom stereocenters. The van der Waals surface area contributed by atoms with Crippen molar-refractivity contribution in [3.8, 4) is 6.07 Å². The van der Waals surface area contributed by atoms with E-state index in [1.54, 1.807) is 11.0 Å². The third-order valence-corrected chi connectivity index (χ3v) is 4.65. The van der Waals surface area contributed by atoms with Crippen LogP contribution in [0.2, 0.25) is 0 Å². The SMILES string of the molecule is Cc1nc2c(c(N3CCC3)n1)CN(C(=O)c1ccc(F)c(C#N)c1)C2. The number of carbonyl (C=O) groups is 1. The minimum absolute atomic E-state index is 0.125. The topological polar surface area (TPSA) is 73.1 Å². The third-order valence-electron chi connectivity index (χ3n) is 4.65. The fourth-order valence-electron chi connectivity index (χ4n) is 3.22. The molecule has 0 spiro atoms. The number of hydrogen-bond donors (Lipinski definition) is 0. The molecule has 25 heavy (non-hydrogen) atoms. The number of rotatable bonds is 2. The average Bonchev–Trinajstić information content (AvgIpc) is 2.97. The van der Waals surface area contributed by atoms with Gasteiger partial charge in [0.15, 0.2) is 0 Å². The number of nitriles is 1. The number of carbonyl (C=O) groups excluding carboxylic acids is 1. The molecule has 1 aromatic carbocycles. The van der Waals surface area contributed by atoms with Gasteiger partial charge < -0.3 is 9.80 Å². The van der Waals surface area contributed by atoms with Gasteiger partial charge in [-0.3, -0.25) is 4.79 Å². The zero-order chi connectivity index (χ0) is 17.6.